The van der Waals surface area contributed by atoms with Gasteiger partial charge in [0.25, 0.3) is 10.1 Å². The summed E-state index contributed by atoms with van der Waals surface area (Å²) in [6.45, 7) is -0.479. The Morgan fingerprint density at radius 2 is 1.88 bits per heavy atom. The number of ether oxygens (including phenoxy) is 2. The third kappa shape index (κ3) is 6.14. The fraction of sp³-hybridized carbons (Fsp3) is 0.529. The van der Waals surface area contributed by atoms with Gasteiger partial charge in [-0.3, -0.25) is 9.35 Å². The van der Waals surface area contributed by atoms with Gasteiger partial charge in [-0.1, -0.05) is 31.6 Å². The first-order valence-corrected chi connectivity index (χ1v) is 10.1. The van der Waals surface area contributed by atoms with E-state index in [0.29, 0.717) is 5.56 Å². The van der Waals surface area contributed by atoms with Crippen LogP contribution in [-0.2, 0) is 26.0 Å². The van der Waals surface area contributed by atoms with Crippen molar-refractivity contribution < 1.29 is 32.0 Å². The Morgan fingerprint density at radius 3 is 2.50 bits per heavy atom. The average molecular weight is 380 g/mol. The molecule has 2 rings (SSSR count). The second-order valence-corrected chi connectivity index (χ2v) is 7.78. The van der Waals surface area contributed by atoms with Gasteiger partial charge < -0.3 is 9.47 Å². The summed E-state index contributed by atoms with van der Waals surface area (Å²) >= 11 is 0. The molecule has 9 heteroatoms. The molecule has 1 aliphatic carbocycles. The Balaban J connectivity index is 2.06. The Labute approximate surface area is 154 Å². The topological polar surface area (TPSA) is 107 Å². The van der Waals surface area contributed by atoms with Crippen molar-refractivity contribution in [1.29, 1.82) is 0 Å². The molecule has 1 saturated carbocycles. The van der Waals surface area contributed by atoms with E-state index in [4.69, 9.17) is 21.9 Å². The maximum atomic E-state index is 12.3. The highest BCUT2D eigenvalue weighted by Gasteiger charge is 2.24. The standard InChI is InChI=1S/C17H21BO7S/c18-11-14-7-6-13(16(19)24-8-9-26(21,22)23)10-15(14)25-17(20)12-4-2-1-3-5-12/h6-7,10,12H,1-5,8-9,11H2,(H,21,22,23). The van der Waals surface area contributed by atoms with E-state index >= 15 is 0 Å². The summed E-state index contributed by atoms with van der Waals surface area (Å²) in [5.74, 6) is -1.76. The lowest BCUT2D eigenvalue weighted by molar-refractivity contribution is -0.140. The minimum absolute atomic E-state index is 0.101. The molecule has 1 fully saturated rings. The number of benzene rings is 1. The van der Waals surface area contributed by atoms with Gasteiger partial charge in [0.05, 0.1) is 19.3 Å². The molecule has 0 bridgehead atoms. The molecule has 7 nitrogen and oxygen atoms in total. The normalized spacial score (nSPS) is 15.4. The molecule has 1 N–H and O–H groups in total. The molecule has 1 aromatic carbocycles. The van der Waals surface area contributed by atoms with E-state index in [1.165, 1.54) is 12.1 Å². The molecule has 0 amide bonds. The number of carbonyl (C=O) groups excluding carboxylic acids is 2. The van der Waals surface area contributed by atoms with Crippen LogP contribution in [0.25, 0.3) is 0 Å². The molecular weight excluding hydrogens is 359 g/mol. The maximum Gasteiger partial charge on any atom is 0.338 e. The molecule has 0 aliphatic heterocycles. The van der Waals surface area contributed by atoms with Crippen LogP contribution in [0.3, 0.4) is 0 Å². The highest BCUT2D eigenvalue weighted by atomic mass is 32.2. The maximum absolute atomic E-state index is 12.3. The minimum Gasteiger partial charge on any atom is -0.461 e. The molecule has 0 atom stereocenters. The predicted molar refractivity (Wildman–Crippen MR) is 94.8 cm³/mol. The van der Waals surface area contributed by atoms with E-state index in [1.54, 1.807) is 6.07 Å². The van der Waals surface area contributed by atoms with Gasteiger partial charge in [0.1, 0.15) is 18.1 Å². The lowest BCUT2D eigenvalue weighted by atomic mass is 9.89. The quantitative estimate of drug-likeness (QED) is 0.333. The zero-order valence-electron chi connectivity index (χ0n) is 14.3. The number of esters is 2. The molecule has 0 unspecified atom stereocenters. The summed E-state index contributed by atoms with van der Waals surface area (Å²) in [6.07, 6.45) is 4.80. The molecular formula is C17H21BO7S. The van der Waals surface area contributed by atoms with E-state index in [9.17, 15) is 18.0 Å². The molecule has 0 aromatic heterocycles. The molecule has 0 spiro atoms. The Hall–Kier alpha value is -1.87. The van der Waals surface area contributed by atoms with E-state index in [0.717, 1.165) is 32.1 Å². The first-order valence-electron chi connectivity index (χ1n) is 8.47. The van der Waals surface area contributed by atoms with Gasteiger partial charge in [0.2, 0.25) is 0 Å². The zero-order chi connectivity index (χ0) is 19.2. The SMILES string of the molecule is [B]Cc1ccc(C(=O)OCCS(=O)(=O)O)cc1OC(=O)C1CCCCC1. The van der Waals surface area contributed by atoms with Crippen LogP contribution in [0.5, 0.6) is 5.75 Å². The van der Waals surface area contributed by atoms with E-state index in [1.807, 2.05) is 0 Å². The monoisotopic (exact) mass is 380 g/mol. The Morgan fingerprint density at radius 1 is 1.19 bits per heavy atom. The summed E-state index contributed by atoms with van der Waals surface area (Å²) < 4.78 is 40.2. The summed E-state index contributed by atoms with van der Waals surface area (Å²) in [6, 6.07) is 4.37. The van der Waals surface area contributed by atoms with Crippen LogP contribution in [-0.4, -0.2) is 45.1 Å². The van der Waals surface area contributed by atoms with Gasteiger partial charge in [0, 0.05) is 0 Å². The summed E-state index contributed by atoms with van der Waals surface area (Å²) in [7, 11) is 1.44. The fourth-order valence-electron chi connectivity index (χ4n) is 2.80. The lowest BCUT2D eigenvalue weighted by Gasteiger charge is -2.20. The van der Waals surface area contributed by atoms with Gasteiger partial charge in [-0.15, -0.1) is 0 Å². The van der Waals surface area contributed by atoms with Crippen molar-refractivity contribution in [3.8, 4) is 5.75 Å². The smallest absolute Gasteiger partial charge is 0.338 e. The Bertz CT molecular complexity index is 754. The van der Waals surface area contributed by atoms with Crippen molar-refractivity contribution in [3.63, 3.8) is 0 Å². The lowest BCUT2D eigenvalue weighted by Crippen LogP contribution is -2.23. The van der Waals surface area contributed by atoms with Gasteiger partial charge in [-0.25, -0.2) is 4.79 Å². The largest absolute Gasteiger partial charge is 0.461 e. The van der Waals surface area contributed by atoms with Gasteiger partial charge >= 0.3 is 11.9 Å². The third-order valence-corrected chi connectivity index (χ3v) is 4.93. The van der Waals surface area contributed by atoms with Crippen molar-refractivity contribution in [2.45, 2.75) is 38.4 Å². The summed E-state index contributed by atoms with van der Waals surface area (Å²) in [5.41, 5.74) is 0.674. The van der Waals surface area contributed by atoms with Crippen LogP contribution in [0.2, 0.25) is 0 Å². The van der Waals surface area contributed by atoms with Crippen LogP contribution < -0.4 is 4.74 Å². The van der Waals surface area contributed by atoms with Crippen LogP contribution in [0, 0.1) is 5.92 Å². The highest BCUT2D eigenvalue weighted by molar-refractivity contribution is 7.85. The van der Waals surface area contributed by atoms with Crippen LogP contribution in [0.4, 0.5) is 0 Å². The predicted octanol–water partition coefficient (Wildman–Crippen LogP) is 1.89. The first kappa shape index (κ1) is 20.4. The van der Waals surface area contributed by atoms with Crippen LogP contribution in [0.1, 0.15) is 48.0 Å². The van der Waals surface area contributed by atoms with Crippen molar-refractivity contribution in [2.24, 2.45) is 5.92 Å². The fourth-order valence-corrected chi connectivity index (χ4v) is 3.09. The molecule has 1 aromatic rings. The van der Waals surface area contributed by atoms with Crippen molar-refractivity contribution in [2.75, 3.05) is 12.4 Å². The van der Waals surface area contributed by atoms with Crippen LogP contribution >= 0.6 is 0 Å². The zero-order valence-corrected chi connectivity index (χ0v) is 15.2. The average Bonchev–Trinajstić information content (AvgIpc) is 2.61. The number of carbonyl (C=O) groups is 2. The van der Waals surface area contributed by atoms with Gasteiger partial charge in [0.15, 0.2) is 0 Å². The second-order valence-electron chi connectivity index (χ2n) is 6.20. The molecule has 140 valence electrons. The van der Waals surface area contributed by atoms with Crippen molar-refractivity contribution in [1.82, 2.24) is 0 Å². The number of rotatable bonds is 7. The van der Waals surface area contributed by atoms with E-state index < -0.39 is 28.4 Å². The van der Waals surface area contributed by atoms with Crippen molar-refractivity contribution in [3.05, 3.63) is 29.3 Å². The summed E-state index contributed by atoms with van der Waals surface area (Å²) in [4.78, 5) is 24.3. The number of hydrogen-bond donors (Lipinski definition) is 1. The van der Waals surface area contributed by atoms with E-state index in [-0.39, 0.29) is 29.5 Å². The molecule has 0 saturated heterocycles. The summed E-state index contributed by atoms with van der Waals surface area (Å²) in [5, 5.41) is 0. The van der Waals surface area contributed by atoms with Crippen molar-refractivity contribution >= 4 is 29.9 Å². The Kier molecular flexibility index (Phi) is 7.22. The number of hydrogen-bond acceptors (Lipinski definition) is 6. The van der Waals surface area contributed by atoms with Gasteiger partial charge in [-0.2, -0.15) is 8.42 Å². The molecule has 0 heterocycles. The first-order chi connectivity index (χ1) is 12.3. The molecule has 1 aliphatic rings. The minimum atomic E-state index is -4.21. The molecule has 2 radical (unpaired) electrons. The van der Waals surface area contributed by atoms with Gasteiger partial charge in [-0.05, 0) is 30.5 Å². The van der Waals surface area contributed by atoms with E-state index in [2.05, 4.69) is 0 Å². The third-order valence-electron chi connectivity index (χ3n) is 4.25. The second kappa shape index (κ2) is 9.18. The van der Waals surface area contributed by atoms with Crippen LogP contribution in [0.15, 0.2) is 18.2 Å². The highest BCUT2D eigenvalue weighted by Crippen LogP contribution is 2.27. The molecule has 26 heavy (non-hydrogen) atoms.